The third-order valence-corrected chi connectivity index (χ3v) is 3.69. The largest absolute Gasteiger partial charge is 0.497 e. The predicted molar refractivity (Wildman–Crippen MR) is 83.9 cm³/mol. The number of carbonyl (C=O) groups is 1. The molecule has 21 heavy (non-hydrogen) atoms. The van der Waals surface area contributed by atoms with Gasteiger partial charge in [0.15, 0.2) is 0 Å². The molecule has 0 spiro atoms. The molecule has 1 aromatic carbocycles. The molecule has 0 aliphatic carbocycles. The van der Waals surface area contributed by atoms with Crippen molar-refractivity contribution in [1.29, 1.82) is 0 Å². The Labute approximate surface area is 126 Å². The molecule has 0 atom stereocenters. The van der Waals surface area contributed by atoms with Gasteiger partial charge in [-0.05, 0) is 49.6 Å². The lowest BCUT2D eigenvalue weighted by molar-refractivity contribution is 0.0955. The van der Waals surface area contributed by atoms with E-state index in [1.54, 1.807) is 38.3 Å². The zero-order chi connectivity index (χ0) is 15.4. The number of hydrogen-bond donors (Lipinski definition) is 2. The van der Waals surface area contributed by atoms with Crippen molar-refractivity contribution in [2.75, 3.05) is 12.8 Å². The number of amides is 1. The van der Waals surface area contributed by atoms with Crippen molar-refractivity contribution in [3.8, 4) is 5.75 Å². The molecule has 1 amide bonds. The molecule has 0 unspecified atom stereocenters. The molecule has 0 radical (unpaired) electrons. The summed E-state index contributed by atoms with van der Waals surface area (Å²) in [5.74, 6) is 0.399. The number of ether oxygens (including phenoxy) is 1. The first-order valence-electron chi connectivity index (χ1n) is 6.23. The van der Waals surface area contributed by atoms with Crippen LogP contribution < -0.4 is 15.9 Å². The summed E-state index contributed by atoms with van der Waals surface area (Å²) in [7, 11) is 1.57. The van der Waals surface area contributed by atoms with Gasteiger partial charge in [-0.3, -0.25) is 4.79 Å². The maximum atomic E-state index is 12.0. The molecule has 1 heterocycles. The van der Waals surface area contributed by atoms with Crippen LogP contribution in [0, 0.1) is 6.92 Å². The van der Waals surface area contributed by atoms with E-state index in [0.29, 0.717) is 22.0 Å². The maximum absolute atomic E-state index is 12.0. The molecule has 0 saturated carbocycles. The third-order valence-electron chi connectivity index (χ3n) is 2.93. The van der Waals surface area contributed by atoms with Gasteiger partial charge in [0, 0.05) is 5.56 Å². The summed E-state index contributed by atoms with van der Waals surface area (Å²) in [6, 6.07) is 6.78. The summed E-state index contributed by atoms with van der Waals surface area (Å²) in [5, 5.41) is 4.67. The zero-order valence-corrected chi connectivity index (χ0v) is 12.8. The van der Waals surface area contributed by atoms with Crippen LogP contribution >= 0.6 is 11.5 Å². The second kappa shape index (κ2) is 6.36. The lowest BCUT2D eigenvalue weighted by Crippen LogP contribution is -2.19. The number of aromatic nitrogens is 1. The van der Waals surface area contributed by atoms with Gasteiger partial charge in [-0.25, -0.2) is 5.43 Å². The molecule has 0 bridgehead atoms. The normalized spacial score (nSPS) is 11.3. The van der Waals surface area contributed by atoms with Crippen LogP contribution in [0.15, 0.2) is 29.4 Å². The number of nitrogens with two attached hydrogens (primary N) is 1. The first-order chi connectivity index (χ1) is 10.0. The monoisotopic (exact) mass is 304 g/mol. The first kappa shape index (κ1) is 15.0. The number of hydrogen-bond acceptors (Lipinski definition) is 6. The van der Waals surface area contributed by atoms with Crippen molar-refractivity contribution in [3.63, 3.8) is 0 Å². The van der Waals surface area contributed by atoms with E-state index >= 15 is 0 Å². The second-order valence-electron chi connectivity index (χ2n) is 4.37. The molecular weight excluding hydrogens is 288 g/mol. The fourth-order valence-corrected chi connectivity index (χ4v) is 2.54. The molecule has 0 fully saturated rings. The molecule has 1 aromatic heterocycles. The van der Waals surface area contributed by atoms with E-state index in [2.05, 4.69) is 14.9 Å². The number of nitrogens with zero attached hydrogens (tertiary/aromatic N) is 2. The van der Waals surface area contributed by atoms with Crippen LogP contribution in [-0.2, 0) is 0 Å². The van der Waals surface area contributed by atoms with Gasteiger partial charge in [0.25, 0.3) is 5.91 Å². The Morgan fingerprint density at radius 1 is 1.38 bits per heavy atom. The Morgan fingerprint density at radius 3 is 2.57 bits per heavy atom. The summed E-state index contributed by atoms with van der Waals surface area (Å²) in [6.45, 7) is 3.63. The number of aryl methyl sites for hydroxylation is 1. The fourth-order valence-electron chi connectivity index (χ4n) is 1.82. The molecule has 0 saturated heterocycles. The Morgan fingerprint density at radius 2 is 2.05 bits per heavy atom. The molecule has 2 rings (SSSR count). The topological polar surface area (TPSA) is 89.6 Å². The van der Waals surface area contributed by atoms with Gasteiger partial charge in [0.1, 0.15) is 10.8 Å². The van der Waals surface area contributed by atoms with Crippen LogP contribution in [0.4, 0.5) is 5.00 Å². The molecule has 6 nitrogen and oxygen atoms in total. The minimum Gasteiger partial charge on any atom is -0.497 e. The highest BCUT2D eigenvalue weighted by Gasteiger charge is 2.11. The summed E-state index contributed by atoms with van der Waals surface area (Å²) in [5.41, 5.74) is 11.1. The standard InChI is InChI=1S/C14H16N4O2S/c1-8(12-9(2)18-21-13(12)15)16-17-14(19)10-4-6-11(20-3)7-5-10/h4-7H,15H2,1-3H3,(H,17,19)/b16-8-. The van der Waals surface area contributed by atoms with Crippen molar-refractivity contribution in [2.45, 2.75) is 13.8 Å². The van der Waals surface area contributed by atoms with E-state index < -0.39 is 0 Å². The van der Waals surface area contributed by atoms with Gasteiger partial charge in [-0.15, -0.1) is 0 Å². The van der Waals surface area contributed by atoms with E-state index in [-0.39, 0.29) is 5.91 Å². The van der Waals surface area contributed by atoms with E-state index in [0.717, 1.165) is 11.3 Å². The van der Waals surface area contributed by atoms with Crippen molar-refractivity contribution < 1.29 is 9.53 Å². The zero-order valence-electron chi connectivity index (χ0n) is 12.0. The summed E-state index contributed by atoms with van der Waals surface area (Å²) >= 11 is 1.21. The van der Waals surface area contributed by atoms with Crippen molar-refractivity contribution in [2.24, 2.45) is 5.10 Å². The summed E-state index contributed by atoms with van der Waals surface area (Å²) in [4.78, 5) is 12.0. The van der Waals surface area contributed by atoms with Crippen LogP contribution in [0.1, 0.15) is 28.5 Å². The lowest BCUT2D eigenvalue weighted by Gasteiger charge is -2.04. The minimum absolute atomic E-state index is 0.295. The number of hydrazone groups is 1. The number of nitrogens with one attached hydrogen (secondary N) is 1. The number of benzene rings is 1. The highest BCUT2D eigenvalue weighted by molar-refractivity contribution is 7.10. The molecule has 0 aliphatic heterocycles. The SMILES string of the molecule is COc1ccc(C(=O)N/N=C(/C)c2c(C)nsc2N)cc1. The average Bonchev–Trinajstić information content (AvgIpc) is 2.83. The van der Waals surface area contributed by atoms with E-state index in [1.165, 1.54) is 11.5 Å². The van der Waals surface area contributed by atoms with Gasteiger partial charge < -0.3 is 10.5 Å². The Kier molecular flexibility index (Phi) is 4.54. The summed E-state index contributed by atoms with van der Waals surface area (Å²) < 4.78 is 9.19. The number of nitrogen functional groups attached to an aromatic ring is 1. The van der Waals surface area contributed by atoms with Crippen LogP contribution in [0.3, 0.4) is 0 Å². The Balaban J connectivity index is 2.10. The van der Waals surface area contributed by atoms with E-state index in [9.17, 15) is 4.79 Å². The fraction of sp³-hybridized carbons (Fsp3) is 0.214. The highest BCUT2D eigenvalue weighted by Crippen LogP contribution is 2.21. The van der Waals surface area contributed by atoms with Crippen LogP contribution in [0.2, 0.25) is 0 Å². The number of anilines is 1. The Hall–Kier alpha value is -2.41. The van der Waals surface area contributed by atoms with Crippen molar-refractivity contribution in [1.82, 2.24) is 9.80 Å². The van der Waals surface area contributed by atoms with Crippen molar-refractivity contribution >= 4 is 28.2 Å². The number of carbonyl (C=O) groups excluding carboxylic acids is 1. The smallest absolute Gasteiger partial charge is 0.271 e. The minimum atomic E-state index is -0.295. The van der Waals surface area contributed by atoms with Gasteiger partial charge in [0.05, 0.1) is 24.1 Å². The number of methoxy groups -OCH3 is 1. The molecule has 7 heteroatoms. The van der Waals surface area contributed by atoms with Crippen LogP contribution in [0.25, 0.3) is 0 Å². The van der Waals surface area contributed by atoms with Gasteiger partial charge >= 0.3 is 0 Å². The molecule has 0 aliphatic rings. The highest BCUT2D eigenvalue weighted by atomic mass is 32.1. The molecule has 2 aromatic rings. The molecular formula is C14H16N4O2S. The third kappa shape index (κ3) is 3.38. The maximum Gasteiger partial charge on any atom is 0.271 e. The molecule has 110 valence electrons. The van der Waals surface area contributed by atoms with Gasteiger partial charge in [-0.1, -0.05) is 0 Å². The quantitative estimate of drug-likeness (QED) is 0.669. The molecule has 3 N–H and O–H groups in total. The van der Waals surface area contributed by atoms with Crippen molar-refractivity contribution in [3.05, 3.63) is 41.1 Å². The van der Waals surface area contributed by atoms with Crippen LogP contribution in [-0.4, -0.2) is 23.1 Å². The van der Waals surface area contributed by atoms with Gasteiger partial charge in [0.2, 0.25) is 0 Å². The number of rotatable bonds is 4. The van der Waals surface area contributed by atoms with E-state index in [1.807, 2.05) is 6.92 Å². The second-order valence-corrected chi connectivity index (χ2v) is 5.18. The average molecular weight is 304 g/mol. The van der Waals surface area contributed by atoms with E-state index in [4.69, 9.17) is 10.5 Å². The summed E-state index contributed by atoms with van der Waals surface area (Å²) in [6.07, 6.45) is 0. The first-order valence-corrected chi connectivity index (χ1v) is 7.01. The predicted octanol–water partition coefficient (Wildman–Crippen LogP) is 2.20. The van der Waals surface area contributed by atoms with Crippen LogP contribution in [0.5, 0.6) is 5.75 Å². The Bertz CT molecular complexity index is 657. The van der Waals surface area contributed by atoms with Gasteiger partial charge in [-0.2, -0.15) is 9.47 Å². The lowest BCUT2D eigenvalue weighted by atomic mass is 10.2.